The molecule has 0 saturated heterocycles. The maximum atomic E-state index is 4.57. The van der Waals surface area contributed by atoms with E-state index >= 15 is 0 Å². The molecule has 0 bridgehead atoms. The Morgan fingerprint density at radius 2 is 2.18 bits per heavy atom. The summed E-state index contributed by atoms with van der Waals surface area (Å²) in [7, 11) is 0. The first kappa shape index (κ1) is 9.44. The number of hydrogen-bond donors (Lipinski definition) is 1. The minimum atomic E-state index is 0.624. The van der Waals surface area contributed by atoms with Gasteiger partial charge in [0.2, 0.25) is 0 Å². The van der Waals surface area contributed by atoms with Crippen LogP contribution in [0.25, 0.3) is 0 Å². The summed E-state index contributed by atoms with van der Waals surface area (Å²) in [5, 5.41) is 0.662. The first-order chi connectivity index (χ1) is 5.07. The van der Waals surface area contributed by atoms with Crippen LogP contribution < -0.4 is 0 Å². The fourth-order valence-electron chi connectivity index (χ4n) is 2.12. The Morgan fingerprint density at radius 3 is 2.64 bits per heavy atom. The first-order valence-electron chi connectivity index (χ1n) is 4.75. The van der Waals surface area contributed by atoms with Gasteiger partial charge in [-0.1, -0.05) is 27.2 Å². The fraction of sp³-hybridized carbons (Fsp3) is 1.00. The van der Waals surface area contributed by atoms with Crippen molar-refractivity contribution in [3.63, 3.8) is 0 Å². The van der Waals surface area contributed by atoms with Crippen LogP contribution in [-0.2, 0) is 0 Å². The molecule has 1 aliphatic rings. The normalized spacial score (nSPS) is 45.8. The van der Waals surface area contributed by atoms with E-state index in [2.05, 4.69) is 33.4 Å². The molecule has 3 unspecified atom stereocenters. The molecule has 0 spiro atoms. The lowest BCUT2D eigenvalue weighted by Gasteiger charge is -2.39. The van der Waals surface area contributed by atoms with E-state index in [1.165, 1.54) is 25.7 Å². The van der Waals surface area contributed by atoms with Crippen molar-refractivity contribution in [2.45, 2.75) is 51.7 Å². The Balaban J connectivity index is 2.51. The van der Waals surface area contributed by atoms with Crippen molar-refractivity contribution >= 4 is 12.6 Å². The zero-order valence-electron chi connectivity index (χ0n) is 7.93. The molecule has 3 atom stereocenters. The van der Waals surface area contributed by atoms with Crippen LogP contribution in [0.1, 0.15) is 46.5 Å². The van der Waals surface area contributed by atoms with Crippen molar-refractivity contribution in [3.8, 4) is 0 Å². The molecule has 1 fully saturated rings. The van der Waals surface area contributed by atoms with Crippen molar-refractivity contribution < 1.29 is 0 Å². The molecule has 1 aliphatic carbocycles. The maximum Gasteiger partial charge on any atom is 0.00428 e. The summed E-state index contributed by atoms with van der Waals surface area (Å²) in [6, 6.07) is 0. The zero-order chi connectivity index (χ0) is 8.48. The summed E-state index contributed by atoms with van der Waals surface area (Å²) >= 11 is 4.57. The second kappa shape index (κ2) is 3.38. The summed E-state index contributed by atoms with van der Waals surface area (Å²) in [5.74, 6) is 0.817. The number of thiol groups is 1. The molecule has 0 radical (unpaired) electrons. The highest BCUT2D eigenvalue weighted by Gasteiger charge is 2.32. The average Bonchev–Trinajstić information content (AvgIpc) is 1.98. The Hall–Kier alpha value is 0.350. The molecule has 0 heterocycles. The molecule has 1 rings (SSSR count). The van der Waals surface area contributed by atoms with Gasteiger partial charge in [0.1, 0.15) is 0 Å². The highest BCUT2D eigenvalue weighted by molar-refractivity contribution is 7.81. The molecule has 11 heavy (non-hydrogen) atoms. The molecule has 0 amide bonds. The van der Waals surface area contributed by atoms with Crippen LogP contribution in [0.5, 0.6) is 0 Å². The van der Waals surface area contributed by atoms with E-state index in [0.717, 1.165) is 5.92 Å². The SMILES string of the molecule is CCC1(C)CCC(S)C(C)C1. The summed E-state index contributed by atoms with van der Waals surface area (Å²) in [4.78, 5) is 0. The molecule has 0 N–H and O–H groups in total. The van der Waals surface area contributed by atoms with Gasteiger partial charge in [0.15, 0.2) is 0 Å². The second-order valence-corrected chi connectivity index (χ2v) is 5.11. The van der Waals surface area contributed by atoms with Gasteiger partial charge >= 0.3 is 0 Å². The van der Waals surface area contributed by atoms with E-state index in [-0.39, 0.29) is 0 Å². The van der Waals surface area contributed by atoms with Crippen molar-refractivity contribution in [3.05, 3.63) is 0 Å². The lowest BCUT2D eigenvalue weighted by Crippen LogP contribution is -2.30. The second-order valence-electron chi connectivity index (χ2n) is 4.45. The van der Waals surface area contributed by atoms with Gasteiger partial charge in [-0.15, -0.1) is 0 Å². The monoisotopic (exact) mass is 172 g/mol. The molecule has 1 saturated carbocycles. The van der Waals surface area contributed by atoms with Crippen LogP contribution in [-0.4, -0.2) is 5.25 Å². The fourth-order valence-corrected chi connectivity index (χ4v) is 2.35. The maximum absolute atomic E-state index is 4.57. The third-order valence-corrected chi connectivity index (χ3v) is 4.14. The van der Waals surface area contributed by atoms with Gasteiger partial charge in [0.25, 0.3) is 0 Å². The van der Waals surface area contributed by atoms with Crippen molar-refractivity contribution in [2.24, 2.45) is 11.3 Å². The molecule has 0 aromatic heterocycles. The molecule has 0 aromatic carbocycles. The molecule has 66 valence electrons. The van der Waals surface area contributed by atoms with Gasteiger partial charge in [-0.25, -0.2) is 0 Å². The Bertz CT molecular complexity index is 133. The van der Waals surface area contributed by atoms with Gasteiger partial charge in [0.05, 0.1) is 0 Å². The average molecular weight is 172 g/mol. The van der Waals surface area contributed by atoms with Gasteiger partial charge in [-0.2, -0.15) is 12.6 Å². The predicted molar refractivity (Wildman–Crippen MR) is 54.2 cm³/mol. The quantitative estimate of drug-likeness (QED) is 0.575. The Kier molecular flexibility index (Phi) is 2.90. The van der Waals surface area contributed by atoms with Crippen LogP contribution in [0.15, 0.2) is 0 Å². The van der Waals surface area contributed by atoms with Gasteiger partial charge in [-0.3, -0.25) is 0 Å². The lowest BCUT2D eigenvalue weighted by molar-refractivity contribution is 0.168. The Labute approximate surface area is 76.2 Å². The standard InChI is InChI=1S/C10H20S/c1-4-10(3)6-5-9(11)8(2)7-10/h8-9,11H,4-7H2,1-3H3. The summed E-state index contributed by atoms with van der Waals surface area (Å²) < 4.78 is 0. The topological polar surface area (TPSA) is 0 Å². The minimum Gasteiger partial charge on any atom is -0.176 e. The third kappa shape index (κ3) is 2.14. The van der Waals surface area contributed by atoms with Crippen LogP contribution >= 0.6 is 12.6 Å². The molecular weight excluding hydrogens is 152 g/mol. The van der Waals surface area contributed by atoms with E-state index in [0.29, 0.717) is 10.7 Å². The van der Waals surface area contributed by atoms with Gasteiger partial charge < -0.3 is 0 Å². The number of hydrogen-bond acceptors (Lipinski definition) is 1. The van der Waals surface area contributed by atoms with Crippen molar-refractivity contribution in [1.29, 1.82) is 0 Å². The van der Waals surface area contributed by atoms with Crippen molar-refractivity contribution in [1.82, 2.24) is 0 Å². The smallest absolute Gasteiger partial charge is 0.00428 e. The molecule has 1 heteroatoms. The van der Waals surface area contributed by atoms with Crippen LogP contribution in [0, 0.1) is 11.3 Å². The van der Waals surface area contributed by atoms with Crippen molar-refractivity contribution in [2.75, 3.05) is 0 Å². The first-order valence-corrected chi connectivity index (χ1v) is 5.27. The molecular formula is C10H20S. The summed E-state index contributed by atoms with van der Waals surface area (Å²) in [6.45, 7) is 7.07. The highest BCUT2D eigenvalue weighted by atomic mass is 32.1. The summed E-state index contributed by atoms with van der Waals surface area (Å²) in [5.41, 5.74) is 0.624. The molecule has 0 aliphatic heterocycles. The largest absolute Gasteiger partial charge is 0.176 e. The Morgan fingerprint density at radius 1 is 1.55 bits per heavy atom. The third-order valence-electron chi connectivity index (χ3n) is 3.37. The van der Waals surface area contributed by atoms with E-state index in [9.17, 15) is 0 Å². The van der Waals surface area contributed by atoms with E-state index < -0.39 is 0 Å². The van der Waals surface area contributed by atoms with Crippen LogP contribution in [0.4, 0.5) is 0 Å². The number of rotatable bonds is 1. The zero-order valence-corrected chi connectivity index (χ0v) is 8.82. The van der Waals surface area contributed by atoms with Crippen LogP contribution in [0.3, 0.4) is 0 Å². The lowest BCUT2D eigenvalue weighted by atomic mass is 9.70. The highest BCUT2D eigenvalue weighted by Crippen LogP contribution is 2.42. The van der Waals surface area contributed by atoms with E-state index in [1.54, 1.807) is 0 Å². The van der Waals surface area contributed by atoms with E-state index in [1.807, 2.05) is 0 Å². The van der Waals surface area contributed by atoms with Gasteiger partial charge in [-0.05, 0) is 30.6 Å². The molecule has 0 aromatic rings. The summed E-state index contributed by atoms with van der Waals surface area (Å²) in [6.07, 6.45) is 5.39. The molecule has 0 nitrogen and oxygen atoms in total. The van der Waals surface area contributed by atoms with Crippen LogP contribution in [0.2, 0.25) is 0 Å². The predicted octanol–water partition coefficient (Wildman–Crippen LogP) is 3.52. The minimum absolute atomic E-state index is 0.624. The van der Waals surface area contributed by atoms with E-state index in [4.69, 9.17) is 0 Å². The van der Waals surface area contributed by atoms with Gasteiger partial charge in [0, 0.05) is 5.25 Å².